The van der Waals surface area contributed by atoms with Gasteiger partial charge in [-0.05, 0) is 6.07 Å². The molecule has 0 aliphatic rings. The number of hydrogen-bond donors (Lipinski definition) is 0. The van der Waals surface area contributed by atoms with E-state index in [1.165, 1.54) is 0 Å². The molecule has 2 heteroatoms. The highest BCUT2D eigenvalue weighted by atomic mass is 14.7. The SMILES string of the molecule is [NH]c1ccccc1[NH-]. The second-order valence-electron chi connectivity index (χ2n) is 1.55. The van der Waals surface area contributed by atoms with Crippen molar-refractivity contribution >= 4 is 11.4 Å². The van der Waals surface area contributed by atoms with Crippen LogP contribution in [0, 0.1) is 0 Å². The number of rotatable bonds is 0. The van der Waals surface area contributed by atoms with Gasteiger partial charge in [0.25, 0.3) is 0 Å². The molecule has 0 amide bonds. The molecule has 0 aromatic heterocycles. The predicted molar refractivity (Wildman–Crippen MR) is 33.2 cm³/mol. The lowest BCUT2D eigenvalue weighted by atomic mass is 10.3. The first-order valence-electron chi connectivity index (χ1n) is 2.33. The predicted octanol–water partition coefficient (Wildman–Crippen LogP) is 2.28. The maximum atomic E-state index is 7.03. The van der Waals surface area contributed by atoms with E-state index >= 15 is 0 Å². The van der Waals surface area contributed by atoms with E-state index in [1.54, 1.807) is 24.3 Å². The van der Waals surface area contributed by atoms with Crippen LogP contribution in [0.3, 0.4) is 0 Å². The minimum Gasteiger partial charge on any atom is -0.697 e. The van der Waals surface area contributed by atoms with E-state index in [9.17, 15) is 0 Å². The third kappa shape index (κ3) is 0.729. The van der Waals surface area contributed by atoms with Gasteiger partial charge in [-0.3, -0.25) is 0 Å². The summed E-state index contributed by atoms with van der Waals surface area (Å²) < 4.78 is 0. The lowest BCUT2D eigenvalue weighted by Crippen LogP contribution is -1.65. The average Bonchev–Trinajstić information content (AvgIpc) is 1.77. The van der Waals surface area contributed by atoms with Gasteiger partial charge in [-0.1, -0.05) is 18.2 Å². The van der Waals surface area contributed by atoms with Crippen molar-refractivity contribution in [1.82, 2.24) is 5.73 Å². The highest BCUT2D eigenvalue weighted by molar-refractivity contribution is 5.62. The van der Waals surface area contributed by atoms with Crippen LogP contribution in [0.1, 0.15) is 0 Å². The van der Waals surface area contributed by atoms with Crippen LogP contribution in [0.4, 0.5) is 11.4 Å². The summed E-state index contributed by atoms with van der Waals surface area (Å²) in [5.41, 5.74) is 14.6. The van der Waals surface area contributed by atoms with Crippen molar-refractivity contribution < 1.29 is 0 Å². The van der Waals surface area contributed by atoms with Crippen LogP contribution in [-0.4, -0.2) is 0 Å². The molecule has 0 bridgehead atoms. The summed E-state index contributed by atoms with van der Waals surface area (Å²) in [6.45, 7) is 0. The molecule has 0 aliphatic carbocycles. The lowest BCUT2D eigenvalue weighted by Gasteiger charge is -2.02. The summed E-state index contributed by atoms with van der Waals surface area (Å²) in [5.74, 6) is 0. The highest BCUT2D eigenvalue weighted by Crippen LogP contribution is 2.19. The molecule has 0 heterocycles. The Morgan fingerprint density at radius 3 is 2.25 bits per heavy atom. The molecule has 8 heavy (non-hydrogen) atoms. The first-order valence-corrected chi connectivity index (χ1v) is 2.33. The van der Waals surface area contributed by atoms with E-state index in [0.717, 1.165) is 0 Å². The summed E-state index contributed by atoms with van der Waals surface area (Å²) in [5, 5.41) is 0. The molecule has 0 unspecified atom stereocenters. The summed E-state index contributed by atoms with van der Waals surface area (Å²) >= 11 is 0. The monoisotopic (exact) mass is 106 g/mol. The van der Waals surface area contributed by atoms with Gasteiger partial charge in [0.15, 0.2) is 0 Å². The van der Waals surface area contributed by atoms with Gasteiger partial charge in [0.2, 0.25) is 0 Å². The van der Waals surface area contributed by atoms with Crippen molar-refractivity contribution in [2.75, 3.05) is 0 Å². The van der Waals surface area contributed by atoms with Gasteiger partial charge in [-0.2, -0.15) is 0 Å². The van der Waals surface area contributed by atoms with Gasteiger partial charge in [0, 0.05) is 5.69 Å². The van der Waals surface area contributed by atoms with Crippen LogP contribution >= 0.6 is 0 Å². The van der Waals surface area contributed by atoms with Gasteiger partial charge in [0.05, 0.1) is 0 Å². The smallest absolute Gasteiger partial charge is 0.0389 e. The molecule has 0 atom stereocenters. The fourth-order valence-electron chi connectivity index (χ4n) is 0.483. The Morgan fingerprint density at radius 2 is 1.88 bits per heavy atom. The van der Waals surface area contributed by atoms with Crippen LogP contribution < -0.4 is 5.73 Å². The standard InChI is InChI=1S/C6H6N2/c7-5-3-1-2-4-6(5)8/h1-4,7-8H/q-1. The van der Waals surface area contributed by atoms with Crippen LogP contribution in [0.5, 0.6) is 0 Å². The van der Waals surface area contributed by atoms with Crippen molar-refractivity contribution in [1.29, 1.82) is 0 Å². The molecule has 1 aromatic carbocycles. The van der Waals surface area contributed by atoms with E-state index < -0.39 is 0 Å². The van der Waals surface area contributed by atoms with Crippen molar-refractivity contribution in [2.45, 2.75) is 0 Å². The molecule has 1 radical (unpaired) electrons. The van der Waals surface area contributed by atoms with Crippen molar-refractivity contribution in [3.63, 3.8) is 0 Å². The first-order chi connectivity index (χ1) is 3.80. The first kappa shape index (κ1) is 4.97. The summed E-state index contributed by atoms with van der Waals surface area (Å²) in [6.07, 6.45) is 0. The molecular weight excluding hydrogens is 100 g/mol. The van der Waals surface area contributed by atoms with Gasteiger partial charge < -0.3 is 11.5 Å². The molecule has 2 N–H and O–H groups in total. The maximum absolute atomic E-state index is 7.03. The Labute approximate surface area is 48.1 Å². The Kier molecular flexibility index (Phi) is 1.08. The fraction of sp³-hybridized carbons (Fsp3) is 0. The van der Waals surface area contributed by atoms with Gasteiger partial charge in [0.1, 0.15) is 0 Å². The Bertz CT molecular complexity index is 163. The van der Waals surface area contributed by atoms with E-state index in [4.69, 9.17) is 11.5 Å². The zero-order chi connectivity index (χ0) is 5.98. The molecule has 0 spiro atoms. The Balaban J connectivity index is 3.13. The topological polar surface area (TPSA) is 47.6 Å². The van der Waals surface area contributed by atoms with Crippen LogP contribution in [0.15, 0.2) is 24.3 Å². The average molecular weight is 106 g/mol. The van der Waals surface area contributed by atoms with E-state index in [0.29, 0.717) is 0 Å². The quantitative estimate of drug-likeness (QED) is 0.487. The molecule has 0 aliphatic heterocycles. The van der Waals surface area contributed by atoms with E-state index in [2.05, 4.69) is 0 Å². The third-order valence-corrected chi connectivity index (χ3v) is 0.927. The number of nitrogens with one attached hydrogen (secondary N) is 2. The van der Waals surface area contributed by atoms with Crippen molar-refractivity contribution in [3.05, 3.63) is 30.0 Å². The summed E-state index contributed by atoms with van der Waals surface area (Å²) in [4.78, 5) is 0. The molecule has 1 rings (SSSR count). The molecule has 41 valence electrons. The molecule has 0 fully saturated rings. The van der Waals surface area contributed by atoms with Gasteiger partial charge in [-0.25, -0.2) is 0 Å². The maximum Gasteiger partial charge on any atom is 0.0389 e. The zero-order valence-electron chi connectivity index (χ0n) is 4.31. The van der Waals surface area contributed by atoms with Gasteiger partial charge in [-0.15, -0.1) is 5.69 Å². The normalized spacial score (nSPS) is 9.00. The zero-order valence-corrected chi connectivity index (χ0v) is 4.31. The molecular formula is C6H6N2-. The largest absolute Gasteiger partial charge is 0.697 e. The molecule has 1 aromatic rings. The van der Waals surface area contributed by atoms with E-state index in [-0.39, 0.29) is 11.4 Å². The fourth-order valence-corrected chi connectivity index (χ4v) is 0.483. The Hall–Kier alpha value is -1.18. The second kappa shape index (κ2) is 1.74. The van der Waals surface area contributed by atoms with Gasteiger partial charge >= 0.3 is 0 Å². The van der Waals surface area contributed by atoms with Crippen LogP contribution in [-0.2, 0) is 0 Å². The summed E-state index contributed by atoms with van der Waals surface area (Å²) in [7, 11) is 0. The molecule has 0 saturated heterocycles. The lowest BCUT2D eigenvalue weighted by molar-refractivity contribution is 1.50. The number of hydrogen-bond acceptors (Lipinski definition) is 0. The molecule has 2 nitrogen and oxygen atoms in total. The van der Waals surface area contributed by atoms with Crippen molar-refractivity contribution in [3.8, 4) is 0 Å². The second-order valence-corrected chi connectivity index (χ2v) is 1.55. The summed E-state index contributed by atoms with van der Waals surface area (Å²) in [6, 6.07) is 6.70. The highest BCUT2D eigenvalue weighted by Gasteiger charge is 1.79. The van der Waals surface area contributed by atoms with E-state index in [1.807, 2.05) is 0 Å². The van der Waals surface area contributed by atoms with Crippen molar-refractivity contribution in [2.24, 2.45) is 0 Å². The van der Waals surface area contributed by atoms with Crippen LogP contribution in [0.25, 0.3) is 5.73 Å². The Morgan fingerprint density at radius 1 is 1.25 bits per heavy atom. The number of benzene rings is 1. The minimum atomic E-state index is 0.285. The third-order valence-electron chi connectivity index (χ3n) is 0.927. The van der Waals surface area contributed by atoms with Crippen LogP contribution in [0.2, 0.25) is 0 Å². The minimum absolute atomic E-state index is 0.285. The molecule has 0 saturated carbocycles.